The summed E-state index contributed by atoms with van der Waals surface area (Å²) in [6.45, 7) is 5.93. The number of nitrogens with zero attached hydrogens (tertiary/aromatic N) is 1. The molecule has 0 unspecified atom stereocenters. The van der Waals surface area contributed by atoms with Crippen LogP contribution in [-0.2, 0) is 14.4 Å². The van der Waals surface area contributed by atoms with Gasteiger partial charge in [-0.25, -0.2) is 0 Å². The summed E-state index contributed by atoms with van der Waals surface area (Å²) < 4.78 is 0. The molecule has 0 N–H and O–H groups in total. The number of hydrogen-bond acceptors (Lipinski definition) is 5. The third-order valence-electron chi connectivity index (χ3n) is 2.41. The summed E-state index contributed by atoms with van der Waals surface area (Å²) in [5, 5.41) is 8.92. The first-order valence-corrected chi connectivity index (χ1v) is 6.01. The third-order valence-corrected chi connectivity index (χ3v) is 2.41. The van der Waals surface area contributed by atoms with Gasteiger partial charge in [0, 0.05) is 25.7 Å². The predicted molar refractivity (Wildman–Crippen MR) is 65.5 cm³/mol. The molecule has 0 saturated heterocycles. The van der Waals surface area contributed by atoms with Crippen LogP contribution in [0, 0.1) is 15.5 Å². The van der Waals surface area contributed by atoms with Crippen molar-refractivity contribution in [3.8, 4) is 0 Å². The Bertz CT molecular complexity index is 306. The Labute approximate surface area is 107 Å². The van der Waals surface area contributed by atoms with Crippen molar-refractivity contribution in [3.05, 3.63) is 10.1 Å². The van der Waals surface area contributed by atoms with Crippen LogP contribution in [0.3, 0.4) is 0 Å². The summed E-state index contributed by atoms with van der Waals surface area (Å²) >= 11 is 0. The van der Waals surface area contributed by atoms with Crippen molar-refractivity contribution in [2.45, 2.75) is 52.9 Å². The van der Waals surface area contributed by atoms with Gasteiger partial charge in [0.05, 0.1) is 0 Å². The van der Waals surface area contributed by atoms with E-state index in [-0.39, 0.29) is 42.9 Å². The Balaban J connectivity index is 3.66. The van der Waals surface area contributed by atoms with Crippen molar-refractivity contribution >= 4 is 11.6 Å². The van der Waals surface area contributed by atoms with Crippen molar-refractivity contribution in [3.63, 3.8) is 0 Å². The van der Waals surface area contributed by atoms with Gasteiger partial charge in [-0.05, 0) is 11.8 Å². The average Bonchev–Trinajstić information content (AvgIpc) is 2.22. The second-order valence-corrected chi connectivity index (χ2v) is 5.44. The molecular formula is C12H21NO5. The molecule has 0 fully saturated rings. The highest BCUT2D eigenvalue weighted by Gasteiger charge is 2.14. The highest BCUT2D eigenvalue weighted by molar-refractivity contribution is 5.85. The number of hydrogen-bond donors (Lipinski definition) is 0. The van der Waals surface area contributed by atoms with Gasteiger partial charge in [0.2, 0.25) is 0 Å². The summed E-state index contributed by atoms with van der Waals surface area (Å²) in [5.74, 6) is -0.116. The summed E-state index contributed by atoms with van der Waals surface area (Å²) in [6, 6.07) is 0. The lowest BCUT2D eigenvalue weighted by molar-refractivity contribution is -0.757. The zero-order valence-electron chi connectivity index (χ0n) is 11.2. The Morgan fingerprint density at radius 1 is 1.06 bits per heavy atom. The Hall–Kier alpha value is -1.46. The van der Waals surface area contributed by atoms with Crippen LogP contribution in [0.1, 0.15) is 52.9 Å². The van der Waals surface area contributed by atoms with Crippen molar-refractivity contribution in [2.75, 3.05) is 6.61 Å². The number of ketones is 2. The van der Waals surface area contributed by atoms with Crippen LogP contribution >= 0.6 is 0 Å². The zero-order valence-corrected chi connectivity index (χ0v) is 11.2. The van der Waals surface area contributed by atoms with Gasteiger partial charge in [0.25, 0.3) is 5.09 Å². The molecule has 6 heteroatoms. The second kappa shape index (κ2) is 7.79. The van der Waals surface area contributed by atoms with E-state index in [0.717, 1.165) is 6.42 Å². The second-order valence-electron chi connectivity index (χ2n) is 5.44. The summed E-state index contributed by atoms with van der Waals surface area (Å²) in [7, 11) is 0. The van der Waals surface area contributed by atoms with E-state index in [4.69, 9.17) is 0 Å². The molecule has 0 aromatic carbocycles. The predicted octanol–water partition coefficient (Wildman–Crippen LogP) is 2.33. The molecule has 0 aliphatic carbocycles. The largest absolute Gasteiger partial charge is 0.313 e. The van der Waals surface area contributed by atoms with E-state index in [0.29, 0.717) is 6.42 Å². The molecule has 0 aliphatic rings. The van der Waals surface area contributed by atoms with Gasteiger partial charge in [-0.2, -0.15) is 0 Å². The van der Waals surface area contributed by atoms with Crippen molar-refractivity contribution in [1.29, 1.82) is 0 Å². The number of carbonyl (C=O) groups excluding carboxylic acids is 2. The standard InChI is InChI=1S/C12H21NO5/c1-12(2,3)8-6-10(14)4-5-11(15)7-9-18-13(16)17/h4-9H2,1-3H3. The lowest BCUT2D eigenvalue weighted by atomic mass is 9.89. The molecule has 0 aromatic heterocycles. The maximum atomic E-state index is 11.5. The third kappa shape index (κ3) is 11.0. The highest BCUT2D eigenvalue weighted by atomic mass is 16.9. The van der Waals surface area contributed by atoms with E-state index in [1.54, 1.807) is 0 Å². The number of Topliss-reactive ketones (excluding diaryl/α,β-unsaturated/α-hetero) is 2. The molecule has 0 rings (SSSR count). The molecule has 18 heavy (non-hydrogen) atoms. The summed E-state index contributed by atoms with van der Waals surface area (Å²) in [5.41, 5.74) is 0.110. The van der Waals surface area contributed by atoms with Crippen molar-refractivity contribution in [1.82, 2.24) is 0 Å². The smallest absolute Gasteiger partial charge is 0.294 e. The van der Waals surface area contributed by atoms with Gasteiger partial charge in [0.1, 0.15) is 18.2 Å². The Morgan fingerprint density at radius 3 is 2.00 bits per heavy atom. The van der Waals surface area contributed by atoms with E-state index in [9.17, 15) is 19.7 Å². The molecule has 0 bridgehead atoms. The van der Waals surface area contributed by atoms with Crippen LogP contribution in [0.15, 0.2) is 0 Å². The van der Waals surface area contributed by atoms with Crippen LogP contribution in [-0.4, -0.2) is 23.3 Å². The van der Waals surface area contributed by atoms with Gasteiger partial charge < -0.3 is 4.84 Å². The first-order chi connectivity index (χ1) is 8.20. The maximum absolute atomic E-state index is 11.5. The zero-order chi connectivity index (χ0) is 14.2. The van der Waals surface area contributed by atoms with Gasteiger partial charge in [0.15, 0.2) is 0 Å². The molecule has 0 amide bonds. The molecule has 0 atom stereocenters. The lowest BCUT2D eigenvalue weighted by Crippen LogP contribution is -2.11. The van der Waals surface area contributed by atoms with E-state index >= 15 is 0 Å². The average molecular weight is 259 g/mol. The fraction of sp³-hybridized carbons (Fsp3) is 0.833. The maximum Gasteiger partial charge on any atom is 0.294 e. The quantitative estimate of drug-likeness (QED) is 0.468. The Morgan fingerprint density at radius 2 is 1.56 bits per heavy atom. The molecular weight excluding hydrogens is 238 g/mol. The molecule has 0 spiro atoms. The van der Waals surface area contributed by atoms with Crippen LogP contribution in [0.5, 0.6) is 0 Å². The van der Waals surface area contributed by atoms with Crippen LogP contribution in [0.2, 0.25) is 0 Å². The number of carbonyl (C=O) groups is 2. The van der Waals surface area contributed by atoms with Crippen LogP contribution < -0.4 is 0 Å². The Kier molecular flexibility index (Phi) is 7.16. The van der Waals surface area contributed by atoms with Gasteiger partial charge in [-0.15, -0.1) is 10.1 Å². The molecule has 0 radical (unpaired) electrons. The minimum atomic E-state index is -0.929. The van der Waals surface area contributed by atoms with Crippen molar-refractivity contribution in [2.24, 2.45) is 5.41 Å². The topological polar surface area (TPSA) is 86.5 Å². The molecule has 0 aliphatic heterocycles. The monoisotopic (exact) mass is 259 g/mol. The van der Waals surface area contributed by atoms with Gasteiger partial charge >= 0.3 is 0 Å². The fourth-order valence-corrected chi connectivity index (χ4v) is 1.28. The first-order valence-electron chi connectivity index (χ1n) is 6.01. The van der Waals surface area contributed by atoms with Crippen LogP contribution in [0.4, 0.5) is 0 Å². The fourth-order valence-electron chi connectivity index (χ4n) is 1.28. The minimum Gasteiger partial charge on any atom is -0.313 e. The lowest BCUT2D eigenvalue weighted by Gasteiger charge is -2.16. The van der Waals surface area contributed by atoms with Crippen molar-refractivity contribution < 1.29 is 19.5 Å². The van der Waals surface area contributed by atoms with E-state index < -0.39 is 5.09 Å². The van der Waals surface area contributed by atoms with E-state index in [1.807, 2.05) is 0 Å². The first kappa shape index (κ1) is 16.5. The molecule has 0 saturated carbocycles. The SMILES string of the molecule is CC(C)(C)CCC(=O)CCC(=O)CCO[N+](=O)[O-]. The van der Waals surface area contributed by atoms with Crippen LogP contribution in [0.25, 0.3) is 0 Å². The molecule has 6 nitrogen and oxygen atoms in total. The van der Waals surface area contributed by atoms with E-state index in [2.05, 4.69) is 25.6 Å². The minimum absolute atomic E-state index is 0.0203. The molecule has 104 valence electrons. The molecule has 0 heterocycles. The summed E-state index contributed by atoms with van der Waals surface area (Å²) in [6.07, 6.45) is 1.61. The number of rotatable bonds is 9. The van der Waals surface area contributed by atoms with Gasteiger partial charge in [-0.3, -0.25) is 9.59 Å². The van der Waals surface area contributed by atoms with Gasteiger partial charge in [-0.1, -0.05) is 20.8 Å². The molecule has 0 aromatic rings. The van der Waals surface area contributed by atoms with E-state index in [1.165, 1.54) is 0 Å². The summed E-state index contributed by atoms with van der Waals surface area (Å²) in [4.78, 5) is 36.6. The highest BCUT2D eigenvalue weighted by Crippen LogP contribution is 2.21. The normalized spacial score (nSPS) is 11.1.